The SMILES string of the molecule is Cc1nn(-c2ccccc2)c(C)c1CN(C)C(=O)CCNC(=O)NC1CCCCC1. The lowest BCUT2D eigenvalue weighted by molar-refractivity contribution is -0.130. The molecular weight excluding hydrogens is 378 g/mol. The molecule has 1 heterocycles. The van der Waals surface area contributed by atoms with E-state index >= 15 is 0 Å². The second kappa shape index (κ2) is 10.3. The highest BCUT2D eigenvalue weighted by Gasteiger charge is 2.18. The van der Waals surface area contributed by atoms with Crippen molar-refractivity contribution < 1.29 is 9.59 Å². The Labute approximate surface area is 178 Å². The van der Waals surface area contributed by atoms with E-state index < -0.39 is 0 Å². The fourth-order valence-corrected chi connectivity index (χ4v) is 4.01. The van der Waals surface area contributed by atoms with E-state index in [2.05, 4.69) is 15.7 Å². The van der Waals surface area contributed by atoms with Gasteiger partial charge in [0.25, 0.3) is 0 Å². The molecule has 1 fully saturated rings. The summed E-state index contributed by atoms with van der Waals surface area (Å²) in [6.45, 7) is 4.83. The van der Waals surface area contributed by atoms with Crippen LogP contribution in [-0.4, -0.2) is 46.3 Å². The third-order valence-electron chi connectivity index (χ3n) is 5.83. The van der Waals surface area contributed by atoms with E-state index in [1.54, 1.807) is 11.9 Å². The Morgan fingerprint density at radius 2 is 1.83 bits per heavy atom. The number of benzene rings is 1. The molecule has 162 valence electrons. The molecule has 1 aromatic heterocycles. The van der Waals surface area contributed by atoms with Crippen molar-refractivity contribution in [1.29, 1.82) is 0 Å². The van der Waals surface area contributed by atoms with E-state index in [0.717, 1.165) is 35.5 Å². The lowest BCUT2D eigenvalue weighted by atomic mass is 9.96. The van der Waals surface area contributed by atoms with Gasteiger partial charge in [-0.2, -0.15) is 5.10 Å². The molecule has 3 rings (SSSR count). The first kappa shape index (κ1) is 21.9. The van der Waals surface area contributed by atoms with E-state index in [1.807, 2.05) is 48.9 Å². The Morgan fingerprint density at radius 3 is 2.53 bits per heavy atom. The number of nitrogens with one attached hydrogen (secondary N) is 2. The van der Waals surface area contributed by atoms with E-state index in [0.29, 0.717) is 13.1 Å². The first-order valence-corrected chi connectivity index (χ1v) is 10.8. The molecular formula is C23H33N5O2. The van der Waals surface area contributed by atoms with Gasteiger partial charge in [0.05, 0.1) is 11.4 Å². The van der Waals surface area contributed by atoms with Gasteiger partial charge in [0.1, 0.15) is 0 Å². The van der Waals surface area contributed by atoms with Crippen molar-refractivity contribution in [2.24, 2.45) is 0 Å². The van der Waals surface area contributed by atoms with Crippen molar-refractivity contribution in [1.82, 2.24) is 25.3 Å². The van der Waals surface area contributed by atoms with Crippen molar-refractivity contribution in [2.45, 2.75) is 65.0 Å². The summed E-state index contributed by atoms with van der Waals surface area (Å²) >= 11 is 0. The molecule has 2 N–H and O–H groups in total. The number of hydrogen-bond donors (Lipinski definition) is 2. The largest absolute Gasteiger partial charge is 0.341 e. The molecule has 0 aliphatic heterocycles. The van der Waals surface area contributed by atoms with Crippen LogP contribution in [0.5, 0.6) is 0 Å². The van der Waals surface area contributed by atoms with Crippen LogP contribution in [0, 0.1) is 13.8 Å². The third kappa shape index (κ3) is 5.62. The maximum Gasteiger partial charge on any atom is 0.315 e. The lowest BCUT2D eigenvalue weighted by Gasteiger charge is -2.23. The zero-order chi connectivity index (χ0) is 21.5. The maximum absolute atomic E-state index is 12.5. The summed E-state index contributed by atoms with van der Waals surface area (Å²) in [6.07, 6.45) is 5.97. The fourth-order valence-electron chi connectivity index (χ4n) is 4.01. The van der Waals surface area contributed by atoms with Crippen LogP contribution in [0.15, 0.2) is 30.3 Å². The minimum absolute atomic E-state index is 0.000715. The molecule has 0 spiro atoms. The van der Waals surface area contributed by atoms with E-state index in [1.165, 1.54) is 19.3 Å². The Hall–Kier alpha value is -2.83. The number of nitrogens with zero attached hydrogens (tertiary/aromatic N) is 3. The summed E-state index contributed by atoms with van der Waals surface area (Å²) in [7, 11) is 1.79. The molecule has 0 radical (unpaired) electrons. The molecule has 7 nitrogen and oxygen atoms in total. The number of aromatic nitrogens is 2. The number of amides is 3. The summed E-state index contributed by atoms with van der Waals surface area (Å²) in [5.41, 5.74) is 4.01. The smallest absolute Gasteiger partial charge is 0.315 e. The van der Waals surface area contributed by atoms with E-state index in [-0.39, 0.29) is 24.4 Å². The van der Waals surface area contributed by atoms with E-state index in [4.69, 9.17) is 0 Å². The van der Waals surface area contributed by atoms with Crippen molar-refractivity contribution in [3.63, 3.8) is 0 Å². The van der Waals surface area contributed by atoms with Gasteiger partial charge in [-0.15, -0.1) is 0 Å². The Morgan fingerprint density at radius 1 is 1.13 bits per heavy atom. The minimum atomic E-state index is -0.173. The van der Waals surface area contributed by atoms with Crippen LogP contribution in [0.3, 0.4) is 0 Å². The van der Waals surface area contributed by atoms with Gasteiger partial charge in [0.15, 0.2) is 0 Å². The normalized spacial score (nSPS) is 14.4. The molecule has 0 unspecified atom stereocenters. The van der Waals surface area contributed by atoms with Gasteiger partial charge >= 0.3 is 6.03 Å². The molecule has 2 aromatic rings. The predicted molar refractivity (Wildman–Crippen MR) is 118 cm³/mol. The van der Waals surface area contributed by atoms with Crippen molar-refractivity contribution in [3.05, 3.63) is 47.3 Å². The molecule has 0 saturated heterocycles. The van der Waals surface area contributed by atoms with Gasteiger partial charge in [0, 0.05) is 43.9 Å². The van der Waals surface area contributed by atoms with Gasteiger partial charge in [-0.3, -0.25) is 4.79 Å². The van der Waals surface area contributed by atoms with Crippen molar-refractivity contribution in [2.75, 3.05) is 13.6 Å². The lowest BCUT2D eigenvalue weighted by Crippen LogP contribution is -2.43. The highest BCUT2D eigenvalue weighted by molar-refractivity contribution is 5.78. The number of carbonyl (C=O) groups is 2. The number of rotatable bonds is 7. The molecule has 0 atom stereocenters. The maximum atomic E-state index is 12.5. The van der Waals surface area contributed by atoms with Crippen LogP contribution in [0.1, 0.15) is 55.5 Å². The minimum Gasteiger partial charge on any atom is -0.341 e. The van der Waals surface area contributed by atoms with Gasteiger partial charge in [0.2, 0.25) is 5.91 Å². The first-order valence-electron chi connectivity index (χ1n) is 10.8. The topological polar surface area (TPSA) is 79.3 Å². The third-order valence-corrected chi connectivity index (χ3v) is 5.83. The summed E-state index contributed by atoms with van der Waals surface area (Å²) < 4.78 is 1.92. The Kier molecular flexibility index (Phi) is 7.49. The van der Waals surface area contributed by atoms with Crippen LogP contribution in [-0.2, 0) is 11.3 Å². The van der Waals surface area contributed by atoms with E-state index in [9.17, 15) is 9.59 Å². The summed E-state index contributed by atoms with van der Waals surface area (Å²) in [6, 6.07) is 10.1. The Bertz CT molecular complexity index is 856. The summed E-state index contributed by atoms with van der Waals surface area (Å²) in [4.78, 5) is 26.3. The van der Waals surface area contributed by atoms with Gasteiger partial charge in [-0.25, -0.2) is 9.48 Å². The summed E-state index contributed by atoms with van der Waals surface area (Å²) in [5, 5.41) is 10.5. The molecule has 1 aromatic carbocycles. The average molecular weight is 412 g/mol. The van der Waals surface area contributed by atoms with Crippen LogP contribution in [0.2, 0.25) is 0 Å². The molecule has 7 heteroatoms. The second-order valence-corrected chi connectivity index (χ2v) is 8.13. The zero-order valence-electron chi connectivity index (χ0n) is 18.3. The van der Waals surface area contributed by atoms with Gasteiger partial charge in [-0.05, 0) is 38.8 Å². The second-order valence-electron chi connectivity index (χ2n) is 8.13. The molecule has 0 bridgehead atoms. The van der Waals surface area contributed by atoms with Crippen LogP contribution < -0.4 is 10.6 Å². The molecule has 1 aliphatic rings. The average Bonchev–Trinajstić information content (AvgIpc) is 3.03. The molecule has 1 aliphatic carbocycles. The van der Waals surface area contributed by atoms with Crippen LogP contribution >= 0.6 is 0 Å². The van der Waals surface area contributed by atoms with Crippen molar-refractivity contribution in [3.8, 4) is 5.69 Å². The number of para-hydroxylation sites is 1. The van der Waals surface area contributed by atoms with Gasteiger partial charge in [-0.1, -0.05) is 37.5 Å². The van der Waals surface area contributed by atoms with Crippen LogP contribution in [0.25, 0.3) is 5.69 Å². The standard InChI is InChI=1S/C23H33N5O2/c1-17-21(18(2)28(26-17)20-12-8-5-9-13-20)16-27(3)22(29)14-15-24-23(30)25-19-10-6-4-7-11-19/h5,8-9,12-13,19H,4,6-7,10-11,14-16H2,1-3H3,(H2,24,25,30). The van der Waals surface area contributed by atoms with Crippen LogP contribution in [0.4, 0.5) is 4.79 Å². The highest BCUT2D eigenvalue weighted by Crippen LogP contribution is 2.19. The number of carbonyl (C=O) groups excluding carboxylic acids is 2. The van der Waals surface area contributed by atoms with Gasteiger partial charge < -0.3 is 15.5 Å². The van der Waals surface area contributed by atoms with Crippen molar-refractivity contribution >= 4 is 11.9 Å². The number of hydrogen-bond acceptors (Lipinski definition) is 3. The summed E-state index contributed by atoms with van der Waals surface area (Å²) in [5.74, 6) is -0.000715. The monoisotopic (exact) mass is 411 g/mol. The molecule has 1 saturated carbocycles. The highest BCUT2D eigenvalue weighted by atomic mass is 16.2. The molecule has 30 heavy (non-hydrogen) atoms. The first-order chi connectivity index (χ1) is 14.5. The molecule has 3 amide bonds. The number of aryl methyl sites for hydroxylation is 1. The predicted octanol–water partition coefficient (Wildman–Crippen LogP) is 3.47. The quantitative estimate of drug-likeness (QED) is 0.732. The number of urea groups is 1. The zero-order valence-corrected chi connectivity index (χ0v) is 18.3. The fraction of sp³-hybridized carbons (Fsp3) is 0.522. The Balaban J connectivity index is 1.48.